The molecule has 1 N–H and O–H groups in total. The summed E-state index contributed by atoms with van der Waals surface area (Å²) in [6.07, 6.45) is 0. The lowest BCUT2D eigenvalue weighted by Gasteiger charge is -2.03. The third-order valence-corrected chi connectivity index (χ3v) is 4.07. The van der Waals surface area contributed by atoms with Gasteiger partial charge in [0.2, 0.25) is 0 Å². The van der Waals surface area contributed by atoms with E-state index in [4.69, 9.17) is 11.6 Å². The van der Waals surface area contributed by atoms with Gasteiger partial charge in [-0.25, -0.2) is 0 Å². The Kier molecular flexibility index (Phi) is 4.72. The van der Waals surface area contributed by atoms with Gasteiger partial charge in [-0.15, -0.1) is 10.2 Å². The van der Waals surface area contributed by atoms with Crippen LogP contribution in [-0.4, -0.2) is 16.2 Å². The van der Waals surface area contributed by atoms with Crippen molar-refractivity contribution in [1.29, 1.82) is 0 Å². The SMILES string of the molecule is CC(C)NCc1nnc(-c2cc(Br)ccc2Cl)s1. The summed E-state index contributed by atoms with van der Waals surface area (Å²) in [5.41, 5.74) is 0.916. The molecule has 0 amide bonds. The predicted molar refractivity (Wildman–Crippen MR) is 80.0 cm³/mol. The van der Waals surface area contributed by atoms with Crippen molar-refractivity contribution >= 4 is 38.9 Å². The molecule has 1 aromatic carbocycles. The number of nitrogens with zero attached hydrogens (tertiary/aromatic N) is 2. The maximum Gasteiger partial charge on any atom is 0.149 e. The van der Waals surface area contributed by atoms with Crippen molar-refractivity contribution < 1.29 is 0 Å². The zero-order valence-electron chi connectivity index (χ0n) is 10.1. The first kappa shape index (κ1) is 13.9. The molecule has 0 aliphatic carbocycles. The topological polar surface area (TPSA) is 37.8 Å². The molecule has 0 atom stereocenters. The Morgan fingerprint density at radius 2 is 2.17 bits per heavy atom. The highest BCUT2D eigenvalue weighted by Gasteiger charge is 2.10. The zero-order valence-corrected chi connectivity index (χ0v) is 13.2. The van der Waals surface area contributed by atoms with Gasteiger partial charge in [-0.1, -0.05) is 52.7 Å². The van der Waals surface area contributed by atoms with E-state index in [0.29, 0.717) is 11.1 Å². The molecule has 1 heterocycles. The Balaban J connectivity index is 2.21. The summed E-state index contributed by atoms with van der Waals surface area (Å²) in [6.45, 7) is 4.95. The van der Waals surface area contributed by atoms with Crippen LogP contribution in [0.15, 0.2) is 22.7 Å². The summed E-state index contributed by atoms with van der Waals surface area (Å²) in [5.74, 6) is 0. The molecule has 0 aliphatic heterocycles. The van der Waals surface area contributed by atoms with Gasteiger partial charge in [0.05, 0.1) is 5.02 Å². The molecule has 2 rings (SSSR count). The Bertz CT molecular complexity index is 542. The van der Waals surface area contributed by atoms with Crippen LogP contribution in [0.2, 0.25) is 5.02 Å². The number of rotatable bonds is 4. The van der Waals surface area contributed by atoms with E-state index in [9.17, 15) is 0 Å². The Morgan fingerprint density at radius 3 is 2.89 bits per heavy atom. The summed E-state index contributed by atoms with van der Waals surface area (Å²) in [4.78, 5) is 0. The van der Waals surface area contributed by atoms with Crippen LogP contribution in [0.5, 0.6) is 0 Å². The van der Waals surface area contributed by atoms with E-state index >= 15 is 0 Å². The minimum absolute atomic E-state index is 0.437. The van der Waals surface area contributed by atoms with Crippen molar-refractivity contribution in [3.8, 4) is 10.6 Å². The lowest BCUT2D eigenvalue weighted by Crippen LogP contribution is -2.21. The fourth-order valence-corrected chi connectivity index (χ4v) is 2.83. The summed E-state index contributed by atoms with van der Waals surface area (Å²) < 4.78 is 0.985. The van der Waals surface area contributed by atoms with Gasteiger partial charge in [-0.3, -0.25) is 0 Å². The largest absolute Gasteiger partial charge is 0.308 e. The molecule has 0 saturated heterocycles. The normalized spacial score (nSPS) is 11.2. The third kappa shape index (κ3) is 3.51. The molecular weight excluding hydrogens is 334 g/mol. The second kappa shape index (κ2) is 6.10. The fraction of sp³-hybridized carbons (Fsp3) is 0.333. The van der Waals surface area contributed by atoms with E-state index in [1.807, 2.05) is 18.2 Å². The first-order valence-corrected chi connectivity index (χ1v) is 7.56. The summed E-state index contributed by atoms with van der Waals surface area (Å²) >= 11 is 11.2. The van der Waals surface area contributed by atoms with Gasteiger partial charge in [0.1, 0.15) is 10.0 Å². The number of halogens is 2. The number of hydrogen-bond donors (Lipinski definition) is 1. The number of benzene rings is 1. The molecule has 0 fully saturated rings. The summed E-state index contributed by atoms with van der Waals surface area (Å²) in [7, 11) is 0. The van der Waals surface area contributed by atoms with Gasteiger partial charge in [0.25, 0.3) is 0 Å². The van der Waals surface area contributed by atoms with Crippen LogP contribution < -0.4 is 5.32 Å². The van der Waals surface area contributed by atoms with Crippen molar-refractivity contribution in [3.05, 3.63) is 32.7 Å². The smallest absolute Gasteiger partial charge is 0.149 e. The van der Waals surface area contributed by atoms with Crippen molar-refractivity contribution in [1.82, 2.24) is 15.5 Å². The van der Waals surface area contributed by atoms with Crippen LogP contribution in [0.25, 0.3) is 10.6 Å². The monoisotopic (exact) mass is 345 g/mol. The molecule has 3 nitrogen and oxygen atoms in total. The second-order valence-corrected chi connectivity index (χ2v) is 6.55. The van der Waals surface area contributed by atoms with E-state index in [2.05, 4.69) is 45.3 Å². The average molecular weight is 347 g/mol. The summed E-state index contributed by atoms with van der Waals surface area (Å²) in [6, 6.07) is 6.16. The molecule has 96 valence electrons. The van der Waals surface area contributed by atoms with E-state index in [0.717, 1.165) is 26.6 Å². The molecule has 6 heteroatoms. The van der Waals surface area contributed by atoms with E-state index in [1.165, 1.54) is 0 Å². The number of aromatic nitrogens is 2. The summed E-state index contributed by atoms with van der Waals surface area (Å²) in [5, 5.41) is 14.2. The van der Waals surface area contributed by atoms with Crippen LogP contribution in [0.4, 0.5) is 0 Å². The Morgan fingerprint density at radius 1 is 1.39 bits per heavy atom. The number of hydrogen-bond acceptors (Lipinski definition) is 4. The van der Waals surface area contributed by atoms with Crippen molar-refractivity contribution in [3.63, 3.8) is 0 Å². The van der Waals surface area contributed by atoms with Crippen LogP contribution in [-0.2, 0) is 6.54 Å². The second-order valence-electron chi connectivity index (χ2n) is 4.16. The lowest BCUT2D eigenvalue weighted by atomic mass is 10.2. The van der Waals surface area contributed by atoms with Gasteiger partial charge in [0.15, 0.2) is 0 Å². The maximum absolute atomic E-state index is 6.17. The van der Waals surface area contributed by atoms with Crippen molar-refractivity contribution in [2.24, 2.45) is 0 Å². The molecule has 0 unspecified atom stereocenters. The third-order valence-electron chi connectivity index (χ3n) is 2.29. The molecular formula is C12H13BrClN3S. The minimum Gasteiger partial charge on any atom is -0.308 e. The van der Waals surface area contributed by atoms with Crippen LogP contribution >= 0.6 is 38.9 Å². The predicted octanol–water partition coefficient (Wildman–Crippen LogP) is 4.12. The fourth-order valence-electron chi connectivity index (χ4n) is 1.39. The molecule has 0 saturated carbocycles. The van der Waals surface area contributed by atoms with Gasteiger partial charge in [-0.05, 0) is 18.2 Å². The first-order valence-electron chi connectivity index (χ1n) is 5.57. The van der Waals surface area contributed by atoms with Crippen molar-refractivity contribution in [2.45, 2.75) is 26.4 Å². The van der Waals surface area contributed by atoms with Crippen molar-refractivity contribution in [2.75, 3.05) is 0 Å². The highest BCUT2D eigenvalue weighted by atomic mass is 79.9. The lowest BCUT2D eigenvalue weighted by molar-refractivity contribution is 0.585. The average Bonchev–Trinajstić information content (AvgIpc) is 2.78. The first-order chi connectivity index (χ1) is 8.56. The molecule has 2 aromatic rings. The van der Waals surface area contributed by atoms with Gasteiger partial charge in [-0.2, -0.15) is 0 Å². The highest BCUT2D eigenvalue weighted by molar-refractivity contribution is 9.10. The van der Waals surface area contributed by atoms with E-state index < -0.39 is 0 Å². The van der Waals surface area contributed by atoms with Gasteiger partial charge in [0, 0.05) is 22.6 Å². The highest BCUT2D eigenvalue weighted by Crippen LogP contribution is 2.32. The van der Waals surface area contributed by atoms with E-state index in [1.54, 1.807) is 11.3 Å². The zero-order chi connectivity index (χ0) is 13.1. The quantitative estimate of drug-likeness (QED) is 0.905. The van der Waals surface area contributed by atoms with Crippen LogP contribution in [0.3, 0.4) is 0 Å². The van der Waals surface area contributed by atoms with Crippen LogP contribution in [0.1, 0.15) is 18.9 Å². The van der Waals surface area contributed by atoms with E-state index in [-0.39, 0.29) is 0 Å². The minimum atomic E-state index is 0.437. The molecule has 0 radical (unpaired) electrons. The number of nitrogens with one attached hydrogen (secondary N) is 1. The van der Waals surface area contributed by atoms with Gasteiger partial charge < -0.3 is 5.32 Å². The van der Waals surface area contributed by atoms with Crippen LogP contribution in [0, 0.1) is 0 Å². The molecule has 18 heavy (non-hydrogen) atoms. The molecule has 1 aromatic heterocycles. The maximum atomic E-state index is 6.17. The van der Waals surface area contributed by atoms with Gasteiger partial charge >= 0.3 is 0 Å². The molecule has 0 spiro atoms. The Labute approximate surface area is 124 Å². The molecule has 0 aliphatic rings. The standard InChI is InChI=1S/C12H13BrClN3S/c1-7(2)15-6-11-16-17-12(18-11)9-5-8(13)3-4-10(9)14/h3-5,7,15H,6H2,1-2H3. The molecule has 0 bridgehead atoms. The Hall–Kier alpha value is -0.490.